The summed E-state index contributed by atoms with van der Waals surface area (Å²) < 4.78 is 0. The summed E-state index contributed by atoms with van der Waals surface area (Å²) in [4.78, 5) is 37.4. The van der Waals surface area contributed by atoms with Crippen LogP contribution in [0.4, 0.5) is 0 Å². The molecular formula is C15H13NO3. The van der Waals surface area contributed by atoms with E-state index >= 15 is 0 Å². The first-order chi connectivity index (χ1) is 9.09. The Morgan fingerprint density at radius 1 is 1.05 bits per heavy atom. The minimum Gasteiger partial charge on any atom is -0.295 e. The number of hydrogen-bond donors (Lipinski definition) is 0. The highest BCUT2D eigenvalue weighted by atomic mass is 16.2. The van der Waals surface area contributed by atoms with Gasteiger partial charge in [0.05, 0.1) is 17.2 Å². The van der Waals surface area contributed by atoms with Crippen molar-refractivity contribution in [3.05, 3.63) is 47.5 Å². The number of ketones is 1. The van der Waals surface area contributed by atoms with Gasteiger partial charge >= 0.3 is 0 Å². The zero-order chi connectivity index (χ0) is 13.6. The number of hydrogen-bond acceptors (Lipinski definition) is 3. The van der Waals surface area contributed by atoms with E-state index in [-0.39, 0.29) is 36.0 Å². The number of allylic oxidation sites excluding steroid dienone is 1. The van der Waals surface area contributed by atoms with Gasteiger partial charge in [0.25, 0.3) is 11.8 Å². The molecule has 0 saturated heterocycles. The fourth-order valence-corrected chi connectivity index (χ4v) is 2.68. The summed E-state index contributed by atoms with van der Waals surface area (Å²) in [6, 6.07) is 6.41. The second-order valence-electron chi connectivity index (χ2n) is 4.98. The largest absolute Gasteiger partial charge is 0.295 e. The monoisotopic (exact) mass is 255 g/mol. The van der Waals surface area contributed by atoms with Crippen LogP contribution in [0.3, 0.4) is 0 Å². The lowest BCUT2D eigenvalue weighted by Gasteiger charge is -2.31. The number of carbonyl (C=O) groups is 3. The van der Waals surface area contributed by atoms with Crippen LogP contribution in [-0.2, 0) is 4.79 Å². The number of imide groups is 1. The standard InChI is InChI=1S/C15H13NO3/c1-9-6-7-10(17)8-13(9)16-14(18)11-4-2-3-5-12(11)15(16)19/h2-7,9,13H,8H2,1H3/t9-,13+/m0/s1. The Hall–Kier alpha value is -2.23. The van der Waals surface area contributed by atoms with Crippen molar-refractivity contribution in [2.24, 2.45) is 5.92 Å². The summed E-state index contributed by atoms with van der Waals surface area (Å²) in [6.45, 7) is 1.91. The zero-order valence-corrected chi connectivity index (χ0v) is 10.5. The second kappa shape index (κ2) is 4.16. The highest BCUT2D eigenvalue weighted by Crippen LogP contribution is 2.30. The van der Waals surface area contributed by atoms with Gasteiger partial charge in [0, 0.05) is 6.42 Å². The predicted octanol–water partition coefficient (Wildman–Crippen LogP) is 1.82. The molecular weight excluding hydrogens is 242 g/mol. The van der Waals surface area contributed by atoms with E-state index in [1.165, 1.54) is 11.0 Å². The fraction of sp³-hybridized carbons (Fsp3) is 0.267. The molecule has 1 aliphatic heterocycles. The van der Waals surface area contributed by atoms with Gasteiger partial charge in [-0.25, -0.2) is 0 Å². The highest BCUT2D eigenvalue weighted by molar-refractivity contribution is 6.21. The number of fused-ring (bicyclic) bond motifs is 1. The van der Waals surface area contributed by atoms with Crippen LogP contribution in [0.15, 0.2) is 36.4 Å². The summed E-state index contributed by atoms with van der Waals surface area (Å²) in [7, 11) is 0. The molecule has 2 amide bonds. The van der Waals surface area contributed by atoms with Gasteiger partial charge in [-0.3, -0.25) is 19.3 Å². The Balaban J connectivity index is 2.00. The van der Waals surface area contributed by atoms with Crippen molar-refractivity contribution in [1.82, 2.24) is 4.90 Å². The van der Waals surface area contributed by atoms with E-state index in [1.54, 1.807) is 30.3 Å². The van der Waals surface area contributed by atoms with Crippen LogP contribution in [0.25, 0.3) is 0 Å². The van der Waals surface area contributed by atoms with E-state index < -0.39 is 0 Å². The minimum atomic E-state index is -0.370. The Bertz CT molecular complexity index is 583. The molecule has 0 fully saturated rings. The Kier molecular flexibility index (Phi) is 2.59. The van der Waals surface area contributed by atoms with Gasteiger partial charge in [0.2, 0.25) is 0 Å². The van der Waals surface area contributed by atoms with Crippen LogP contribution < -0.4 is 0 Å². The molecule has 0 bridgehead atoms. The topological polar surface area (TPSA) is 54.5 Å². The van der Waals surface area contributed by atoms with Crippen molar-refractivity contribution >= 4 is 17.6 Å². The summed E-state index contributed by atoms with van der Waals surface area (Å²) in [5.74, 6) is -0.624. The first-order valence-electron chi connectivity index (χ1n) is 6.27. The number of benzene rings is 1. The van der Waals surface area contributed by atoms with Crippen molar-refractivity contribution in [3.8, 4) is 0 Å². The van der Waals surface area contributed by atoms with Crippen LogP contribution in [-0.4, -0.2) is 28.5 Å². The average molecular weight is 255 g/mol. The predicted molar refractivity (Wildman–Crippen MR) is 68.7 cm³/mol. The van der Waals surface area contributed by atoms with Gasteiger partial charge in [0.1, 0.15) is 0 Å². The van der Waals surface area contributed by atoms with Gasteiger partial charge in [0.15, 0.2) is 5.78 Å². The molecule has 96 valence electrons. The van der Waals surface area contributed by atoms with Gasteiger partial charge in [-0.2, -0.15) is 0 Å². The molecule has 0 radical (unpaired) electrons. The first kappa shape index (κ1) is 11.8. The third kappa shape index (κ3) is 1.71. The van der Waals surface area contributed by atoms with Crippen LogP contribution in [0.5, 0.6) is 0 Å². The Morgan fingerprint density at radius 3 is 2.21 bits per heavy atom. The lowest BCUT2D eigenvalue weighted by molar-refractivity contribution is -0.116. The minimum absolute atomic E-state index is 0.0000813. The molecule has 0 saturated carbocycles. The number of nitrogens with zero attached hydrogens (tertiary/aromatic N) is 1. The van der Waals surface area contributed by atoms with Crippen molar-refractivity contribution < 1.29 is 14.4 Å². The summed E-state index contributed by atoms with van der Waals surface area (Å²) in [5, 5.41) is 0. The van der Waals surface area contributed by atoms with Crippen molar-refractivity contribution in [2.75, 3.05) is 0 Å². The molecule has 1 aromatic carbocycles. The van der Waals surface area contributed by atoms with E-state index in [0.29, 0.717) is 11.1 Å². The molecule has 4 nitrogen and oxygen atoms in total. The maximum atomic E-state index is 12.3. The molecule has 0 N–H and O–H groups in total. The molecule has 1 aliphatic carbocycles. The molecule has 1 aromatic rings. The second-order valence-corrected chi connectivity index (χ2v) is 4.98. The lowest BCUT2D eigenvalue weighted by Crippen LogP contribution is -2.45. The van der Waals surface area contributed by atoms with Gasteiger partial charge < -0.3 is 0 Å². The molecule has 0 unspecified atom stereocenters. The third-order valence-corrected chi connectivity index (χ3v) is 3.76. The molecule has 2 atom stereocenters. The van der Waals surface area contributed by atoms with Crippen LogP contribution in [0.1, 0.15) is 34.1 Å². The van der Waals surface area contributed by atoms with E-state index in [9.17, 15) is 14.4 Å². The summed E-state index contributed by atoms with van der Waals surface area (Å²) in [5.41, 5.74) is 0.864. The SMILES string of the molecule is C[C@H]1C=CC(=O)C[C@H]1N1C(=O)c2ccccc2C1=O. The van der Waals surface area contributed by atoms with Gasteiger partial charge in [-0.05, 0) is 24.1 Å². The smallest absolute Gasteiger partial charge is 0.261 e. The molecule has 19 heavy (non-hydrogen) atoms. The van der Waals surface area contributed by atoms with E-state index in [4.69, 9.17) is 0 Å². The summed E-state index contributed by atoms with van der Waals surface area (Å²) in [6.07, 6.45) is 3.50. The Labute approximate surface area is 110 Å². The van der Waals surface area contributed by atoms with E-state index in [2.05, 4.69) is 0 Å². The molecule has 4 heteroatoms. The van der Waals surface area contributed by atoms with Gasteiger partial charge in [-0.1, -0.05) is 25.1 Å². The average Bonchev–Trinajstić information content (AvgIpc) is 2.66. The van der Waals surface area contributed by atoms with Crippen LogP contribution in [0.2, 0.25) is 0 Å². The first-order valence-corrected chi connectivity index (χ1v) is 6.27. The number of amides is 2. The third-order valence-electron chi connectivity index (χ3n) is 3.76. The van der Waals surface area contributed by atoms with Crippen LogP contribution in [0, 0.1) is 5.92 Å². The quantitative estimate of drug-likeness (QED) is 0.719. The molecule has 1 heterocycles. The molecule has 2 aliphatic rings. The Morgan fingerprint density at radius 2 is 1.63 bits per heavy atom. The maximum Gasteiger partial charge on any atom is 0.261 e. The van der Waals surface area contributed by atoms with Gasteiger partial charge in [-0.15, -0.1) is 0 Å². The molecule has 3 rings (SSSR count). The maximum absolute atomic E-state index is 12.3. The van der Waals surface area contributed by atoms with Crippen molar-refractivity contribution in [1.29, 1.82) is 0 Å². The highest BCUT2D eigenvalue weighted by Gasteiger charge is 2.42. The molecule has 0 spiro atoms. The number of rotatable bonds is 1. The molecule has 0 aromatic heterocycles. The van der Waals surface area contributed by atoms with Crippen molar-refractivity contribution in [2.45, 2.75) is 19.4 Å². The van der Waals surface area contributed by atoms with Crippen LogP contribution >= 0.6 is 0 Å². The zero-order valence-electron chi connectivity index (χ0n) is 10.5. The number of carbonyl (C=O) groups excluding carboxylic acids is 3. The summed E-state index contributed by atoms with van der Waals surface area (Å²) >= 11 is 0. The fourth-order valence-electron chi connectivity index (χ4n) is 2.68. The van der Waals surface area contributed by atoms with E-state index in [0.717, 1.165) is 0 Å². The lowest BCUT2D eigenvalue weighted by atomic mass is 9.90. The van der Waals surface area contributed by atoms with Crippen molar-refractivity contribution in [3.63, 3.8) is 0 Å². The van der Waals surface area contributed by atoms with E-state index in [1.807, 2.05) is 6.92 Å². The normalized spacial score (nSPS) is 25.9.